The molecule has 1 aromatic rings. The number of carbonyl (C=O) groups is 1. The summed E-state index contributed by atoms with van der Waals surface area (Å²) in [6.45, 7) is 7.41. The Morgan fingerprint density at radius 3 is 2.19 bits per heavy atom. The Bertz CT molecular complexity index is 522. The number of hydrogen-bond donors (Lipinski definition) is 2. The SMILES string of the molecule is COc1ccc(CCNC(=O)C(CC(C)(C)C)NCC(OC)OC)cc1. The minimum Gasteiger partial charge on any atom is -0.497 e. The lowest BCUT2D eigenvalue weighted by atomic mass is 9.87. The highest BCUT2D eigenvalue weighted by molar-refractivity contribution is 5.81. The number of rotatable bonds is 11. The van der Waals surface area contributed by atoms with Crippen LogP contribution in [0.5, 0.6) is 5.75 Å². The summed E-state index contributed by atoms with van der Waals surface area (Å²) in [5.74, 6) is 0.831. The van der Waals surface area contributed by atoms with Gasteiger partial charge in [-0.25, -0.2) is 0 Å². The maximum atomic E-state index is 12.6. The molecular formula is C20H34N2O4. The Labute approximate surface area is 157 Å². The average Bonchev–Trinajstić information content (AvgIpc) is 2.61. The zero-order chi connectivity index (χ0) is 19.6. The van der Waals surface area contributed by atoms with Gasteiger partial charge in [0, 0.05) is 27.3 Å². The van der Waals surface area contributed by atoms with Gasteiger partial charge in [-0.3, -0.25) is 4.79 Å². The zero-order valence-corrected chi connectivity index (χ0v) is 16.9. The number of hydrogen-bond acceptors (Lipinski definition) is 5. The van der Waals surface area contributed by atoms with Crippen LogP contribution in [-0.4, -0.2) is 52.7 Å². The fraction of sp³-hybridized carbons (Fsp3) is 0.650. The molecule has 26 heavy (non-hydrogen) atoms. The molecule has 1 aromatic carbocycles. The first-order valence-electron chi connectivity index (χ1n) is 8.98. The van der Waals surface area contributed by atoms with Gasteiger partial charge in [0.15, 0.2) is 6.29 Å². The lowest BCUT2D eigenvalue weighted by Crippen LogP contribution is -2.49. The largest absolute Gasteiger partial charge is 0.497 e. The van der Waals surface area contributed by atoms with Crippen LogP contribution in [0.25, 0.3) is 0 Å². The van der Waals surface area contributed by atoms with E-state index in [0.29, 0.717) is 13.1 Å². The third kappa shape index (κ3) is 8.65. The van der Waals surface area contributed by atoms with Crippen molar-refractivity contribution in [2.75, 3.05) is 34.4 Å². The first kappa shape index (κ1) is 22.4. The summed E-state index contributed by atoms with van der Waals surface area (Å²) in [5.41, 5.74) is 1.19. The van der Waals surface area contributed by atoms with E-state index in [-0.39, 0.29) is 23.7 Å². The standard InChI is InChI=1S/C20H34N2O4/c1-20(2,3)13-17(22-14-18(25-5)26-6)19(23)21-12-11-15-7-9-16(24-4)10-8-15/h7-10,17-18,22H,11-14H2,1-6H3,(H,21,23). The average molecular weight is 367 g/mol. The van der Waals surface area contributed by atoms with Crippen molar-refractivity contribution >= 4 is 5.91 Å². The first-order valence-corrected chi connectivity index (χ1v) is 8.98. The van der Waals surface area contributed by atoms with E-state index in [9.17, 15) is 4.79 Å². The summed E-state index contributed by atoms with van der Waals surface area (Å²) in [7, 11) is 4.82. The molecule has 1 atom stereocenters. The molecule has 0 aliphatic carbocycles. The second-order valence-electron chi connectivity index (χ2n) is 7.52. The number of amides is 1. The maximum Gasteiger partial charge on any atom is 0.237 e. The van der Waals surface area contributed by atoms with Crippen LogP contribution in [0.15, 0.2) is 24.3 Å². The molecular weight excluding hydrogens is 332 g/mol. The third-order valence-electron chi connectivity index (χ3n) is 4.06. The summed E-state index contributed by atoms with van der Waals surface area (Å²) in [6, 6.07) is 7.58. The van der Waals surface area contributed by atoms with Crippen molar-refractivity contribution in [1.82, 2.24) is 10.6 Å². The molecule has 0 bridgehead atoms. The van der Waals surface area contributed by atoms with Crippen LogP contribution in [0.4, 0.5) is 0 Å². The fourth-order valence-electron chi connectivity index (χ4n) is 2.62. The summed E-state index contributed by atoms with van der Waals surface area (Å²) < 4.78 is 15.5. The van der Waals surface area contributed by atoms with Gasteiger partial charge >= 0.3 is 0 Å². The molecule has 0 saturated carbocycles. The van der Waals surface area contributed by atoms with Crippen molar-refractivity contribution in [3.05, 3.63) is 29.8 Å². The van der Waals surface area contributed by atoms with Crippen molar-refractivity contribution in [1.29, 1.82) is 0 Å². The highest BCUT2D eigenvalue weighted by Gasteiger charge is 2.25. The molecule has 1 amide bonds. The van der Waals surface area contributed by atoms with E-state index in [1.165, 1.54) is 0 Å². The minimum absolute atomic E-state index is 0.000562. The molecule has 0 spiro atoms. The lowest BCUT2D eigenvalue weighted by molar-refractivity contribution is -0.125. The van der Waals surface area contributed by atoms with Gasteiger partial charge in [0.2, 0.25) is 5.91 Å². The zero-order valence-electron chi connectivity index (χ0n) is 16.9. The van der Waals surface area contributed by atoms with Gasteiger partial charge in [0.05, 0.1) is 13.2 Å². The van der Waals surface area contributed by atoms with Crippen LogP contribution >= 0.6 is 0 Å². The first-order chi connectivity index (χ1) is 12.3. The normalized spacial score (nSPS) is 12.9. The molecule has 0 aromatic heterocycles. The molecule has 6 nitrogen and oxygen atoms in total. The van der Waals surface area contributed by atoms with Crippen molar-refractivity contribution < 1.29 is 19.0 Å². The molecule has 0 heterocycles. The number of carbonyl (C=O) groups excluding carboxylic acids is 1. The van der Waals surface area contributed by atoms with Gasteiger partial charge in [0.1, 0.15) is 5.75 Å². The van der Waals surface area contributed by atoms with Gasteiger partial charge < -0.3 is 24.8 Å². The quantitative estimate of drug-likeness (QED) is 0.589. The van der Waals surface area contributed by atoms with Crippen LogP contribution in [0, 0.1) is 5.41 Å². The van der Waals surface area contributed by atoms with E-state index >= 15 is 0 Å². The van der Waals surface area contributed by atoms with E-state index in [2.05, 4.69) is 31.4 Å². The van der Waals surface area contributed by atoms with Gasteiger partial charge in [-0.2, -0.15) is 0 Å². The van der Waals surface area contributed by atoms with Crippen LogP contribution in [0.2, 0.25) is 0 Å². The third-order valence-corrected chi connectivity index (χ3v) is 4.06. The molecule has 1 unspecified atom stereocenters. The molecule has 0 aliphatic rings. The van der Waals surface area contributed by atoms with Crippen LogP contribution < -0.4 is 15.4 Å². The van der Waals surface area contributed by atoms with Gasteiger partial charge in [0.25, 0.3) is 0 Å². The number of ether oxygens (including phenoxy) is 3. The lowest BCUT2D eigenvalue weighted by Gasteiger charge is -2.27. The number of nitrogens with one attached hydrogen (secondary N) is 2. The van der Waals surface area contributed by atoms with Crippen LogP contribution in [0.3, 0.4) is 0 Å². The predicted octanol–water partition coefficient (Wildman–Crippen LogP) is 2.37. The summed E-state index contributed by atoms with van der Waals surface area (Å²) in [4.78, 5) is 12.6. The van der Waals surface area contributed by atoms with Gasteiger partial charge in [-0.15, -0.1) is 0 Å². The number of benzene rings is 1. The molecule has 6 heteroatoms. The Hall–Kier alpha value is -1.63. The van der Waals surface area contributed by atoms with E-state index in [1.54, 1.807) is 21.3 Å². The smallest absolute Gasteiger partial charge is 0.237 e. The molecule has 0 fully saturated rings. The molecule has 148 valence electrons. The van der Waals surface area contributed by atoms with E-state index in [0.717, 1.165) is 24.2 Å². The van der Waals surface area contributed by atoms with Crippen molar-refractivity contribution in [2.24, 2.45) is 5.41 Å². The van der Waals surface area contributed by atoms with E-state index in [4.69, 9.17) is 14.2 Å². The Kier molecular flexibility index (Phi) is 9.62. The monoisotopic (exact) mass is 366 g/mol. The summed E-state index contributed by atoms with van der Waals surface area (Å²) in [6.07, 6.45) is 1.13. The second kappa shape index (κ2) is 11.2. The van der Waals surface area contributed by atoms with Crippen LogP contribution in [-0.2, 0) is 20.7 Å². The second-order valence-corrected chi connectivity index (χ2v) is 7.52. The highest BCUT2D eigenvalue weighted by atomic mass is 16.7. The van der Waals surface area contributed by atoms with Gasteiger partial charge in [-0.05, 0) is 36.0 Å². The van der Waals surface area contributed by atoms with Crippen molar-refractivity contribution in [3.8, 4) is 5.75 Å². The Morgan fingerprint density at radius 1 is 1.08 bits per heavy atom. The molecule has 0 aliphatic heterocycles. The van der Waals surface area contributed by atoms with Crippen LogP contribution in [0.1, 0.15) is 32.8 Å². The number of methoxy groups -OCH3 is 3. The summed E-state index contributed by atoms with van der Waals surface area (Å²) >= 11 is 0. The predicted molar refractivity (Wildman–Crippen MR) is 103 cm³/mol. The Balaban J connectivity index is 2.54. The van der Waals surface area contributed by atoms with E-state index in [1.807, 2.05) is 24.3 Å². The summed E-state index contributed by atoms with van der Waals surface area (Å²) in [5, 5.41) is 6.29. The van der Waals surface area contributed by atoms with Gasteiger partial charge in [-0.1, -0.05) is 32.9 Å². The molecule has 0 radical (unpaired) electrons. The van der Waals surface area contributed by atoms with Crippen molar-refractivity contribution in [3.63, 3.8) is 0 Å². The fourth-order valence-corrected chi connectivity index (χ4v) is 2.62. The molecule has 0 saturated heterocycles. The molecule has 2 N–H and O–H groups in total. The maximum absolute atomic E-state index is 12.6. The van der Waals surface area contributed by atoms with Crippen molar-refractivity contribution in [2.45, 2.75) is 45.9 Å². The topological polar surface area (TPSA) is 68.8 Å². The minimum atomic E-state index is -0.371. The highest BCUT2D eigenvalue weighted by Crippen LogP contribution is 2.21. The Morgan fingerprint density at radius 2 is 1.69 bits per heavy atom. The van der Waals surface area contributed by atoms with E-state index < -0.39 is 0 Å². The molecule has 1 rings (SSSR count).